The summed E-state index contributed by atoms with van der Waals surface area (Å²) in [7, 11) is -3.13. The molecule has 0 unspecified atom stereocenters. The van der Waals surface area contributed by atoms with Gasteiger partial charge in [-0.1, -0.05) is 29.8 Å². The highest BCUT2D eigenvalue weighted by Gasteiger charge is 2.13. The molecule has 1 aromatic rings. The average molecular weight is 227 g/mol. The third kappa shape index (κ3) is 3.64. The number of aryl methyl sites for hydroxylation is 1. The van der Waals surface area contributed by atoms with Crippen LogP contribution in [0.5, 0.6) is 0 Å². The van der Waals surface area contributed by atoms with Gasteiger partial charge in [0.15, 0.2) is 0 Å². The van der Waals surface area contributed by atoms with E-state index >= 15 is 0 Å². The van der Waals surface area contributed by atoms with E-state index in [-0.39, 0.29) is 11.8 Å². The Bertz CT molecular complexity index is 426. The molecule has 4 heteroatoms. The lowest BCUT2D eigenvalue weighted by Crippen LogP contribution is -2.28. The molecule has 0 saturated heterocycles. The molecule has 0 heterocycles. The van der Waals surface area contributed by atoms with Crippen LogP contribution < -0.4 is 4.72 Å². The molecule has 15 heavy (non-hydrogen) atoms. The summed E-state index contributed by atoms with van der Waals surface area (Å²) in [6.07, 6.45) is 0. The number of sulfonamides is 1. The lowest BCUT2D eigenvalue weighted by Gasteiger charge is -2.14. The van der Waals surface area contributed by atoms with E-state index in [9.17, 15) is 8.42 Å². The van der Waals surface area contributed by atoms with Gasteiger partial charge in [0, 0.05) is 6.04 Å². The fourth-order valence-corrected chi connectivity index (χ4v) is 2.20. The Hall–Kier alpha value is -0.870. The molecule has 1 atom stereocenters. The van der Waals surface area contributed by atoms with Gasteiger partial charge in [-0.25, -0.2) is 13.1 Å². The molecule has 0 aliphatic carbocycles. The number of benzene rings is 1. The van der Waals surface area contributed by atoms with E-state index in [1.807, 2.05) is 38.1 Å². The molecule has 0 aromatic heterocycles. The smallest absolute Gasteiger partial charge is 0.211 e. The second kappa shape index (κ2) is 4.77. The van der Waals surface area contributed by atoms with E-state index in [1.54, 1.807) is 6.92 Å². The molecule has 0 aliphatic rings. The van der Waals surface area contributed by atoms with Crippen molar-refractivity contribution >= 4 is 10.0 Å². The Morgan fingerprint density at radius 2 is 2.07 bits per heavy atom. The summed E-state index contributed by atoms with van der Waals surface area (Å²) < 4.78 is 25.3. The molecular formula is C11H17NO2S. The van der Waals surface area contributed by atoms with E-state index in [1.165, 1.54) is 0 Å². The van der Waals surface area contributed by atoms with Crippen molar-refractivity contribution in [2.75, 3.05) is 5.75 Å². The summed E-state index contributed by atoms with van der Waals surface area (Å²) >= 11 is 0. The van der Waals surface area contributed by atoms with Crippen LogP contribution in [0.2, 0.25) is 0 Å². The van der Waals surface area contributed by atoms with Crippen LogP contribution in [0.25, 0.3) is 0 Å². The maximum atomic E-state index is 11.4. The van der Waals surface area contributed by atoms with Gasteiger partial charge in [0.2, 0.25) is 10.0 Å². The van der Waals surface area contributed by atoms with Crippen LogP contribution in [0.4, 0.5) is 0 Å². The lowest BCUT2D eigenvalue weighted by molar-refractivity contribution is 0.568. The number of rotatable bonds is 4. The van der Waals surface area contributed by atoms with Crippen LogP contribution in [0.15, 0.2) is 24.3 Å². The molecule has 1 rings (SSSR count). The standard InChI is InChI=1S/C11H17NO2S/c1-4-15(13,14)12-10(3)11-7-5-6-9(2)8-11/h5-8,10,12H,4H2,1-3H3/t10-/m1/s1. The number of hydrogen-bond acceptors (Lipinski definition) is 2. The monoisotopic (exact) mass is 227 g/mol. The molecule has 0 saturated carbocycles. The van der Waals surface area contributed by atoms with Crippen molar-refractivity contribution in [3.8, 4) is 0 Å². The molecule has 0 radical (unpaired) electrons. The topological polar surface area (TPSA) is 46.2 Å². The minimum atomic E-state index is -3.13. The highest BCUT2D eigenvalue weighted by molar-refractivity contribution is 7.89. The van der Waals surface area contributed by atoms with E-state index in [0.717, 1.165) is 11.1 Å². The van der Waals surface area contributed by atoms with Gasteiger partial charge < -0.3 is 0 Å². The van der Waals surface area contributed by atoms with E-state index in [2.05, 4.69) is 4.72 Å². The predicted octanol–water partition coefficient (Wildman–Crippen LogP) is 2.00. The first-order valence-electron chi connectivity index (χ1n) is 5.01. The van der Waals surface area contributed by atoms with E-state index in [4.69, 9.17) is 0 Å². The van der Waals surface area contributed by atoms with Gasteiger partial charge in [-0.05, 0) is 26.3 Å². The zero-order chi connectivity index (χ0) is 11.5. The Morgan fingerprint density at radius 3 is 2.60 bits per heavy atom. The molecule has 1 N–H and O–H groups in total. The molecule has 0 aliphatic heterocycles. The summed E-state index contributed by atoms with van der Waals surface area (Å²) in [6.45, 7) is 5.47. The summed E-state index contributed by atoms with van der Waals surface area (Å²) in [5.74, 6) is 0.114. The first-order chi connectivity index (χ1) is 6.94. The van der Waals surface area contributed by atoms with Gasteiger partial charge >= 0.3 is 0 Å². The molecule has 84 valence electrons. The van der Waals surface area contributed by atoms with Crippen molar-refractivity contribution in [3.63, 3.8) is 0 Å². The molecule has 0 amide bonds. The van der Waals surface area contributed by atoms with Crippen molar-refractivity contribution in [3.05, 3.63) is 35.4 Å². The zero-order valence-electron chi connectivity index (χ0n) is 9.32. The van der Waals surface area contributed by atoms with Gasteiger partial charge in [0.25, 0.3) is 0 Å². The lowest BCUT2D eigenvalue weighted by atomic mass is 10.1. The number of nitrogens with one attached hydrogen (secondary N) is 1. The molecule has 1 aromatic carbocycles. The number of hydrogen-bond donors (Lipinski definition) is 1. The second-order valence-electron chi connectivity index (χ2n) is 3.66. The SMILES string of the molecule is CCS(=O)(=O)N[C@H](C)c1cccc(C)c1. The van der Waals surface area contributed by atoms with Crippen molar-refractivity contribution in [1.82, 2.24) is 4.72 Å². The van der Waals surface area contributed by atoms with Crippen LogP contribution in [-0.2, 0) is 10.0 Å². The summed E-state index contributed by atoms with van der Waals surface area (Å²) in [5, 5.41) is 0. The summed E-state index contributed by atoms with van der Waals surface area (Å²) in [5.41, 5.74) is 2.13. The molecule has 0 bridgehead atoms. The molecular weight excluding hydrogens is 210 g/mol. The van der Waals surface area contributed by atoms with Crippen LogP contribution in [0.1, 0.15) is 31.0 Å². The van der Waals surface area contributed by atoms with Gasteiger partial charge in [0.1, 0.15) is 0 Å². The normalized spacial score (nSPS) is 13.8. The van der Waals surface area contributed by atoms with E-state index in [0.29, 0.717) is 0 Å². The maximum absolute atomic E-state index is 11.4. The minimum Gasteiger partial charge on any atom is -0.212 e. The predicted molar refractivity (Wildman–Crippen MR) is 62.2 cm³/mol. The molecule has 3 nitrogen and oxygen atoms in total. The third-order valence-electron chi connectivity index (χ3n) is 2.28. The van der Waals surface area contributed by atoms with Crippen LogP contribution in [0, 0.1) is 6.92 Å². The molecule has 0 spiro atoms. The van der Waals surface area contributed by atoms with Crippen LogP contribution in [-0.4, -0.2) is 14.2 Å². The van der Waals surface area contributed by atoms with Crippen molar-refractivity contribution in [2.45, 2.75) is 26.8 Å². The van der Waals surface area contributed by atoms with Gasteiger partial charge in [0.05, 0.1) is 5.75 Å². The van der Waals surface area contributed by atoms with Crippen molar-refractivity contribution < 1.29 is 8.42 Å². The Balaban J connectivity index is 2.82. The summed E-state index contributed by atoms with van der Waals surface area (Å²) in [6, 6.07) is 7.67. The van der Waals surface area contributed by atoms with Crippen molar-refractivity contribution in [2.24, 2.45) is 0 Å². The van der Waals surface area contributed by atoms with Crippen LogP contribution in [0.3, 0.4) is 0 Å². The average Bonchev–Trinajstić information content (AvgIpc) is 2.17. The Labute approximate surface area is 91.6 Å². The van der Waals surface area contributed by atoms with Gasteiger partial charge in [-0.2, -0.15) is 0 Å². The van der Waals surface area contributed by atoms with Gasteiger partial charge in [-0.15, -0.1) is 0 Å². The first-order valence-corrected chi connectivity index (χ1v) is 6.66. The molecule has 0 fully saturated rings. The maximum Gasteiger partial charge on any atom is 0.211 e. The minimum absolute atomic E-state index is 0.114. The highest BCUT2D eigenvalue weighted by atomic mass is 32.2. The van der Waals surface area contributed by atoms with Crippen molar-refractivity contribution in [1.29, 1.82) is 0 Å². The Kier molecular flexibility index (Phi) is 3.88. The zero-order valence-corrected chi connectivity index (χ0v) is 10.1. The Morgan fingerprint density at radius 1 is 1.40 bits per heavy atom. The fraction of sp³-hybridized carbons (Fsp3) is 0.455. The van der Waals surface area contributed by atoms with E-state index < -0.39 is 10.0 Å². The fourth-order valence-electron chi connectivity index (χ4n) is 1.36. The largest absolute Gasteiger partial charge is 0.212 e. The summed E-state index contributed by atoms with van der Waals surface area (Å²) in [4.78, 5) is 0. The van der Waals surface area contributed by atoms with Gasteiger partial charge in [-0.3, -0.25) is 0 Å². The van der Waals surface area contributed by atoms with Crippen LogP contribution >= 0.6 is 0 Å². The third-order valence-corrected chi connectivity index (χ3v) is 3.75. The second-order valence-corrected chi connectivity index (χ2v) is 5.70. The highest BCUT2D eigenvalue weighted by Crippen LogP contribution is 2.14. The quantitative estimate of drug-likeness (QED) is 0.855. The first kappa shape index (κ1) is 12.2.